The van der Waals surface area contributed by atoms with Crippen LogP contribution in [0, 0.1) is 11.7 Å². The summed E-state index contributed by atoms with van der Waals surface area (Å²) in [6.45, 7) is 2.42. The maximum atomic E-state index is 13.3. The van der Waals surface area contributed by atoms with Gasteiger partial charge in [0.2, 0.25) is 5.91 Å². The summed E-state index contributed by atoms with van der Waals surface area (Å²) in [5, 5.41) is 3.00. The Balaban J connectivity index is 1.63. The van der Waals surface area contributed by atoms with Crippen LogP contribution in [0.25, 0.3) is 0 Å². The summed E-state index contributed by atoms with van der Waals surface area (Å²) >= 11 is 0. The zero-order valence-electron chi connectivity index (χ0n) is 15.0. The maximum Gasteiger partial charge on any atom is 0.256 e. The van der Waals surface area contributed by atoms with Gasteiger partial charge >= 0.3 is 0 Å². The van der Waals surface area contributed by atoms with E-state index in [0.717, 1.165) is 38.5 Å². The van der Waals surface area contributed by atoms with Crippen LogP contribution in [0.15, 0.2) is 24.3 Å². The molecule has 0 aromatic heterocycles. The van der Waals surface area contributed by atoms with E-state index in [2.05, 4.69) is 12.2 Å². The van der Waals surface area contributed by atoms with Crippen molar-refractivity contribution in [2.75, 3.05) is 6.61 Å². The summed E-state index contributed by atoms with van der Waals surface area (Å²) in [6, 6.07) is 5.11. The minimum absolute atomic E-state index is 0.140. The van der Waals surface area contributed by atoms with Gasteiger partial charge in [-0.1, -0.05) is 6.92 Å². The Bertz CT molecular complexity index is 694. The molecule has 0 radical (unpaired) electrons. The van der Waals surface area contributed by atoms with Crippen LogP contribution < -0.4 is 5.32 Å². The van der Waals surface area contributed by atoms with Crippen LogP contribution in [0.4, 0.5) is 4.39 Å². The van der Waals surface area contributed by atoms with E-state index in [0.29, 0.717) is 11.5 Å². The van der Waals surface area contributed by atoms with E-state index in [1.165, 1.54) is 24.3 Å². The minimum Gasteiger partial charge on any atom is -0.353 e. The summed E-state index contributed by atoms with van der Waals surface area (Å²) in [5.41, 5.74) is -0.331. The lowest BCUT2D eigenvalue weighted by atomic mass is 9.83. The molecule has 1 spiro atoms. The topological polar surface area (TPSA) is 58.6 Å². The minimum atomic E-state index is -0.719. The average molecular weight is 360 g/mol. The Labute approximate surface area is 152 Å². The van der Waals surface area contributed by atoms with Gasteiger partial charge in [-0.2, -0.15) is 0 Å². The van der Waals surface area contributed by atoms with Gasteiger partial charge in [-0.15, -0.1) is 0 Å². The number of ether oxygens (including phenoxy) is 1. The first kappa shape index (κ1) is 17.5. The molecule has 4 rings (SSSR count). The van der Waals surface area contributed by atoms with Crippen LogP contribution >= 0.6 is 0 Å². The molecule has 0 bridgehead atoms. The normalized spacial score (nSPS) is 31.2. The largest absolute Gasteiger partial charge is 0.353 e. The van der Waals surface area contributed by atoms with Gasteiger partial charge < -0.3 is 10.1 Å². The molecular weight excluding hydrogens is 335 g/mol. The molecule has 1 N–H and O–H groups in total. The number of carbonyl (C=O) groups is 2. The molecule has 2 amide bonds. The van der Waals surface area contributed by atoms with Crippen LogP contribution in [0.2, 0.25) is 0 Å². The summed E-state index contributed by atoms with van der Waals surface area (Å²) < 4.78 is 19.4. The van der Waals surface area contributed by atoms with E-state index in [9.17, 15) is 14.0 Å². The number of hydrogen-bond acceptors (Lipinski definition) is 3. The standard InChI is InChI=1S/C20H25FN2O3/c1-13-8-10-20(11-9-13)23(19(25)14-2-4-15(21)5-3-14)17(12-26-20)18(24)22-16-6-7-16/h2-5,13,16-17H,6-12H2,1H3,(H,22,24)/t13?,17-,20?/m0/s1. The fraction of sp³-hybridized carbons (Fsp3) is 0.600. The fourth-order valence-corrected chi connectivity index (χ4v) is 4.04. The van der Waals surface area contributed by atoms with Gasteiger partial charge in [-0.3, -0.25) is 14.5 Å². The lowest BCUT2D eigenvalue weighted by molar-refractivity contribution is -0.128. The third kappa shape index (κ3) is 3.22. The highest BCUT2D eigenvalue weighted by atomic mass is 19.1. The summed E-state index contributed by atoms with van der Waals surface area (Å²) in [5.74, 6) is -0.193. The van der Waals surface area contributed by atoms with Crippen molar-refractivity contribution in [3.63, 3.8) is 0 Å². The van der Waals surface area contributed by atoms with Crippen LogP contribution in [-0.4, -0.2) is 41.1 Å². The third-order valence-electron chi connectivity index (χ3n) is 5.85. The molecule has 1 aromatic carbocycles. The molecule has 2 aliphatic carbocycles. The van der Waals surface area contributed by atoms with Crippen LogP contribution in [0.5, 0.6) is 0 Å². The van der Waals surface area contributed by atoms with Crippen molar-refractivity contribution in [1.82, 2.24) is 10.2 Å². The highest BCUT2D eigenvalue weighted by Gasteiger charge is 2.53. The Morgan fingerprint density at radius 2 is 1.81 bits per heavy atom. The van der Waals surface area contributed by atoms with Crippen molar-refractivity contribution in [1.29, 1.82) is 0 Å². The molecule has 140 valence electrons. The molecule has 6 heteroatoms. The van der Waals surface area contributed by atoms with Crippen LogP contribution in [0.1, 0.15) is 55.8 Å². The highest BCUT2D eigenvalue weighted by molar-refractivity contribution is 5.98. The lowest BCUT2D eigenvalue weighted by Gasteiger charge is -2.43. The van der Waals surface area contributed by atoms with Crippen LogP contribution in [0.3, 0.4) is 0 Å². The van der Waals surface area contributed by atoms with Crippen molar-refractivity contribution >= 4 is 11.8 Å². The molecule has 1 aromatic rings. The third-order valence-corrected chi connectivity index (χ3v) is 5.85. The molecule has 2 saturated carbocycles. The zero-order valence-corrected chi connectivity index (χ0v) is 15.0. The van der Waals surface area contributed by atoms with Crippen molar-refractivity contribution in [3.05, 3.63) is 35.6 Å². The summed E-state index contributed by atoms with van der Waals surface area (Å²) in [4.78, 5) is 27.7. The van der Waals surface area contributed by atoms with Gasteiger partial charge in [0.25, 0.3) is 5.91 Å². The molecule has 5 nitrogen and oxygen atoms in total. The smallest absolute Gasteiger partial charge is 0.256 e. The number of halogens is 1. The van der Waals surface area contributed by atoms with Crippen molar-refractivity contribution in [3.8, 4) is 0 Å². The Morgan fingerprint density at radius 1 is 1.15 bits per heavy atom. The molecule has 3 fully saturated rings. The molecule has 1 aliphatic heterocycles. The molecule has 3 aliphatic rings. The Hall–Kier alpha value is -1.95. The second kappa shape index (κ2) is 6.65. The number of hydrogen-bond donors (Lipinski definition) is 1. The van der Waals surface area contributed by atoms with Gasteiger partial charge in [0.1, 0.15) is 17.6 Å². The van der Waals surface area contributed by atoms with E-state index in [4.69, 9.17) is 4.74 Å². The van der Waals surface area contributed by atoms with Gasteiger partial charge in [-0.25, -0.2) is 4.39 Å². The highest BCUT2D eigenvalue weighted by Crippen LogP contribution is 2.43. The Kier molecular flexibility index (Phi) is 4.47. The predicted molar refractivity (Wildman–Crippen MR) is 93.8 cm³/mol. The van der Waals surface area contributed by atoms with Gasteiger partial charge in [0, 0.05) is 11.6 Å². The van der Waals surface area contributed by atoms with Gasteiger partial charge in [-0.05, 0) is 68.7 Å². The number of carbonyl (C=O) groups excluding carboxylic acids is 2. The number of benzene rings is 1. The molecule has 0 unspecified atom stereocenters. The van der Waals surface area contributed by atoms with E-state index in [-0.39, 0.29) is 30.3 Å². The van der Waals surface area contributed by atoms with Gasteiger partial charge in [0.15, 0.2) is 0 Å². The van der Waals surface area contributed by atoms with Crippen molar-refractivity contribution in [2.24, 2.45) is 5.92 Å². The van der Waals surface area contributed by atoms with Crippen LogP contribution in [-0.2, 0) is 9.53 Å². The number of amides is 2. The second-order valence-electron chi connectivity index (χ2n) is 7.92. The summed E-state index contributed by atoms with van der Waals surface area (Å²) in [7, 11) is 0. The maximum absolute atomic E-state index is 13.3. The fourth-order valence-electron chi connectivity index (χ4n) is 4.04. The molecule has 1 heterocycles. The molecule has 26 heavy (non-hydrogen) atoms. The van der Waals surface area contributed by atoms with Crippen molar-refractivity contribution < 1.29 is 18.7 Å². The van der Waals surface area contributed by atoms with Gasteiger partial charge in [0.05, 0.1) is 6.61 Å². The first-order valence-electron chi connectivity index (χ1n) is 9.52. The Morgan fingerprint density at radius 3 is 2.42 bits per heavy atom. The van der Waals surface area contributed by atoms with E-state index in [1.807, 2.05) is 0 Å². The van der Waals surface area contributed by atoms with E-state index in [1.54, 1.807) is 4.90 Å². The number of nitrogens with zero attached hydrogens (tertiary/aromatic N) is 1. The molecule has 1 saturated heterocycles. The average Bonchev–Trinajstić information content (AvgIpc) is 3.37. The predicted octanol–water partition coefficient (Wildman–Crippen LogP) is 2.85. The first-order chi connectivity index (χ1) is 12.5. The monoisotopic (exact) mass is 360 g/mol. The van der Waals surface area contributed by atoms with E-state index < -0.39 is 11.8 Å². The van der Waals surface area contributed by atoms with Crippen molar-refractivity contribution in [2.45, 2.75) is 63.3 Å². The molecule has 1 atom stereocenters. The first-order valence-corrected chi connectivity index (χ1v) is 9.52. The lowest BCUT2D eigenvalue weighted by Crippen LogP contribution is -2.57. The quantitative estimate of drug-likeness (QED) is 0.902. The van der Waals surface area contributed by atoms with E-state index >= 15 is 0 Å². The zero-order chi connectivity index (χ0) is 18.3. The number of nitrogens with one attached hydrogen (secondary N) is 1. The number of rotatable bonds is 3. The molecular formula is C20H25FN2O3. The second-order valence-corrected chi connectivity index (χ2v) is 7.92. The summed E-state index contributed by atoms with van der Waals surface area (Å²) in [6.07, 6.45) is 5.37. The SMILES string of the molecule is CC1CCC2(CC1)OC[C@@H](C(=O)NC1CC1)N2C(=O)c1ccc(F)cc1.